The van der Waals surface area contributed by atoms with Crippen molar-refractivity contribution in [1.82, 2.24) is 4.90 Å². The number of imide groups is 1. The van der Waals surface area contributed by atoms with Crippen LogP contribution < -0.4 is 5.11 Å². The lowest BCUT2D eigenvalue weighted by atomic mass is 10.1. The molecule has 0 unspecified atom stereocenters. The van der Waals surface area contributed by atoms with Gasteiger partial charge in [-0.25, -0.2) is 0 Å². The first-order chi connectivity index (χ1) is 7.61. The molecule has 0 atom stereocenters. The molecule has 0 aromatic carbocycles. The van der Waals surface area contributed by atoms with Crippen LogP contribution in [0.15, 0.2) is 12.2 Å². The number of carboxylic acids is 1. The maximum absolute atomic E-state index is 11.1. The number of hydrogen-bond acceptors (Lipinski definition) is 4. The molecule has 0 aliphatic carbocycles. The zero-order valence-electron chi connectivity index (χ0n) is 8.98. The van der Waals surface area contributed by atoms with E-state index >= 15 is 0 Å². The van der Waals surface area contributed by atoms with Gasteiger partial charge in [-0.3, -0.25) is 14.5 Å². The number of rotatable bonds is 7. The standard InChI is InChI=1S/C11H15NO4/c13-9-6-7-10(14)12(9)8-4-2-1-3-5-11(15)16/h6-7H,1-5,8H2,(H,15,16)/p-1. The predicted octanol–water partition coefficient (Wildman–Crippen LogP) is -0.388. The van der Waals surface area contributed by atoms with E-state index in [-0.39, 0.29) is 18.2 Å². The van der Waals surface area contributed by atoms with Crippen LogP contribution in [0.5, 0.6) is 0 Å². The summed E-state index contributed by atoms with van der Waals surface area (Å²) < 4.78 is 0. The Labute approximate surface area is 93.7 Å². The maximum atomic E-state index is 11.1. The maximum Gasteiger partial charge on any atom is 0.253 e. The molecule has 5 nitrogen and oxygen atoms in total. The number of carbonyl (C=O) groups is 3. The van der Waals surface area contributed by atoms with Gasteiger partial charge in [0.15, 0.2) is 0 Å². The van der Waals surface area contributed by atoms with E-state index in [1.807, 2.05) is 0 Å². The molecule has 0 spiro atoms. The van der Waals surface area contributed by atoms with Gasteiger partial charge in [0.05, 0.1) is 0 Å². The number of hydrogen-bond donors (Lipinski definition) is 0. The van der Waals surface area contributed by atoms with Gasteiger partial charge in [0.25, 0.3) is 11.8 Å². The van der Waals surface area contributed by atoms with Crippen LogP contribution in [0, 0.1) is 0 Å². The van der Waals surface area contributed by atoms with E-state index in [9.17, 15) is 19.5 Å². The lowest BCUT2D eigenvalue weighted by molar-refractivity contribution is -0.305. The summed E-state index contributed by atoms with van der Waals surface area (Å²) in [5, 5.41) is 10.1. The Morgan fingerprint density at radius 1 is 1.06 bits per heavy atom. The van der Waals surface area contributed by atoms with Crippen molar-refractivity contribution in [1.29, 1.82) is 0 Å². The lowest BCUT2D eigenvalue weighted by Gasteiger charge is -2.13. The number of amides is 2. The van der Waals surface area contributed by atoms with Crippen molar-refractivity contribution in [3.63, 3.8) is 0 Å². The number of carboxylic acid groups (broad SMARTS) is 1. The number of aliphatic carboxylic acids is 1. The Morgan fingerprint density at radius 3 is 2.19 bits per heavy atom. The van der Waals surface area contributed by atoms with E-state index in [1.54, 1.807) is 0 Å². The summed E-state index contributed by atoms with van der Waals surface area (Å²) in [6.45, 7) is 0.413. The topological polar surface area (TPSA) is 77.5 Å². The average molecular weight is 224 g/mol. The summed E-state index contributed by atoms with van der Waals surface area (Å²) >= 11 is 0. The Balaban J connectivity index is 2.05. The predicted molar refractivity (Wildman–Crippen MR) is 54.0 cm³/mol. The Morgan fingerprint density at radius 2 is 1.62 bits per heavy atom. The van der Waals surface area contributed by atoms with Crippen molar-refractivity contribution in [2.24, 2.45) is 0 Å². The molecule has 0 N–H and O–H groups in total. The van der Waals surface area contributed by atoms with Crippen molar-refractivity contribution in [2.45, 2.75) is 32.1 Å². The molecule has 16 heavy (non-hydrogen) atoms. The molecule has 0 bridgehead atoms. The molecule has 0 aromatic rings. The van der Waals surface area contributed by atoms with E-state index < -0.39 is 5.97 Å². The molecule has 0 aromatic heterocycles. The Bertz CT molecular complexity index is 304. The summed E-state index contributed by atoms with van der Waals surface area (Å²) in [6.07, 6.45) is 5.48. The van der Waals surface area contributed by atoms with Crippen molar-refractivity contribution >= 4 is 17.8 Å². The third-order valence-corrected chi connectivity index (χ3v) is 2.41. The van der Waals surface area contributed by atoms with Crippen LogP contribution >= 0.6 is 0 Å². The van der Waals surface area contributed by atoms with Crippen LogP contribution in [0.4, 0.5) is 0 Å². The fourth-order valence-electron chi connectivity index (χ4n) is 1.54. The van der Waals surface area contributed by atoms with Gasteiger partial charge >= 0.3 is 0 Å². The smallest absolute Gasteiger partial charge is 0.253 e. The summed E-state index contributed by atoms with van der Waals surface area (Å²) in [6, 6.07) is 0. The third-order valence-electron chi connectivity index (χ3n) is 2.41. The second-order valence-electron chi connectivity index (χ2n) is 3.70. The van der Waals surface area contributed by atoms with Crippen LogP contribution in [0.3, 0.4) is 0 Å². The van der Waals surface area contributed by atoms with Gasteiger partial charge in [-0.1, -0.05) is 12.8 Å². The van der Waals surface area contributed by atoms with Crippen molar-refractivity contribution in [3.8, 4) is 0 Å². The molecule has 0 saturated carbocycles. The summed E-state index contributed by atoms with van der Waals surface area (Å²) in [5.41, 5.74) is 0. The number of carbonyl (C=O) groups excluding carboxylic acids is 3. The highest BCUT2D eigenvalue weighted by molar-refractivity contribution is 6.12. The quantitative estimate of drug-likeness (QED) is 0.436. The average Bonchev–Trinajstić information content (AvgIpc) is 2.53. The van der Waals surface area contributed by atoms with Crippen LogP contribution in [-0.4, -0.2) is 29.2 Å². The Hall–Kier alpha value is -1.65. The van der Waals surface area contributed by atoms with E-state index in [2.05, 4.69) is 0 Å². The number of unbranched alkanes of at least 4 members (excludes halogenated alkanes) is 3. The molecule has 0 saturated heterocycles. The molecule has 0 fully saturated rings. The van der Waals surface area contributed by atoms with Gasteiger partial charge in [-0.2, -0.15) is 0 Å². The van der Waals surface area contributed by atoms with E-state index in [0.29, 0.717) is 19.4 Å². The minimum absolute atomic E-state index is 0.0726. The van der Waals surface area contributed by atoms with E-state index in [1.165, 1.54) is 17.1 Å². The normalized spacial score (nSPS) is 14.9. The highest BCUT2D eigenvalue weighted by Gasteiger charge is 2.21. The largest absolute Gasteiger partial charge is 0.550 e. The molecule has 2 amide bonds. The second-order valence-corrected chi connectivity index (χ2v) is 3.70. The molecule has 88 valence electrons. The molecule has 1 rings (SSSR count). The first kappa shape index (κ1) is 12.4. The first-order valence-electron chi connectivity index (χ1n) is 5.34. The van der Waals surface area contributed by atoms with Gasteiger partial charge in [0.1, 0.15) is 0 Å². The molecular weight excluding hydrogens is 210 g/mol. The molecule has 1 heterocycles. The highest BCUT2D eigenvalue weighted by Crippen LogP contribution is 2.08. The number of nitrogens with zero attached hydrogens (tertiary/aromatic N) is 1. The lowest BCUT2D eigenvalue weighted by Crippen LogP contribution is -2.30. The van der Waals surface area contributed by atoms with Crippen molar-refractivity contribution in [3.05, 3.63) is 12.2 Å². The molecule has 5 heteroatoms. The summed E-state index contributed by atoms with van der Waals surface area (Å²) in [5.74, 6) is -1.56. The van der Waals surface area contributed by atoms with Gasteiger partial charge in [0, 0.05) is 24.7 Å². The van der Waals surface area contributed by atoms with Crippen molar-refractivity contribution in [2.75, 3.05) is 6.54 Å². The first-order valence-corrected chi connectivity index (χ1v) is 5.34. The van der Waals surface area contributed by atoms with Gasteiger partial charge < -0.3 is 9.90 Å². The van der Waals surface area contributed by atoms with Crippen LogP contribution in [0.2, 0.25) is 0 Å². The monoisotopic (exact) mass is 224 g/mol. The highest BCUT2D eigenvalue weighted by atomic mass is 16.4. The SMILES string of the molecule is O=C([O-])CCCCCCN1C(=O)C=CC1=O. The molecule has 1 aliphatic heterocycles. The van der Waals surface area contributed by atoms with Crippen LogP contribution in [0.25, 0.3) is 0 Å². The fourth-order valence-corrected chi connectivity index (χ4v) is 1.54. The van der Waals surface area contributed by atoms with Gasteiger partial charge in [-0.05, 0) is 19.3 Å². The fraction of sp³-hybridized carbons (Fsp3) is 0.545. The van der Waals surface area contributed by atoms with Crippen LogP contribution in [-0.2, 0) is 14.4 Å². The minimum atomic E-state index is -1.03. The molecular formula is C11H14NO4-. The van der Waals surface area contributed by atoms with E-state index in [4.69, 9.17) is 0 Å². The minimum Gasteiger partial charge on any atom is -0.550 e. The zero-order chi connectivity index (χ0) is 12.0. The van der Waals surface area contributed by atoms with Crippen LogP contribution in [0.1, 0.15) is 32.1 Å². The van der Waals surface area contributed by atoms with Gasteiger partial charge in [0.2, 0.25) is 0 Å². The molecule has 1 aliphatic rings. The third kappa shape index (κ3) is 3.84. The van der Waals surface area contributed by atoms with Crippen molar-refractivity contribution < 1.29 is 19.5 Å². The molecule has 0 radical (unpaired) electrons. The zero-order valence-corrected chi connectivity index (χ0v) is 8.98. The second kappa shape index (κ2) is 6.05. The summed E-state index contributed by atoms with van der Waals surface area (Å²) in [4.78, 5) is 33.6. The van der Waals surface area contributed by atoms with E-state index in [0.717, 1.165) is 12.8 Å². The van der Waals surface area contributed by atoms with Gasteiger partial charge in [-0.15, -0.1) is 0 Å². The summed E-state index contributed by atoms with van der Waals surface area (Å²) in [7, 11) is 0. The Kier molecular flexibility index (Phi) is 4.69.